The number of carbonyl (C=O) groups excluding carboxylic acids is 2. The summed E-state index contributed by atoms with van der Waals surface area (Å²) in [5, 5.41) is 6.08. The standard InChI is InChI=1S/C18H20ClN3O2/c1-3-4-10-20-17(23)15-6-5-7-16(22-15)18(24)21-13-9-8-12(2)14(19)11-13/h5-9,11H,3-4,10H2,1-2H3,(H,20,23)(H,21,24). The Morgan fingerprint density at radius 2 is 1.83 bits per heavy atom. The van der Waals surface area contributed by atoms with Gasteiger partial charge in [-0.2, -0.15) is 0 Å². The second-order valence-electron chi connectivity index (χ2n) is 5.44. The minimum absolute atomic E-state index is 0.176. The quantitative estimate of drug-likeness (QED) is 0.782. The van der Waals surface area contributed by atoms with Crippen molar-refractivity contribution in [2.75, 3.05) is 11.9 Å². The van der Waals surface area contributed by atoms with E-state index in [0.717, 1.165) is 18.4 Å². The molecule has 0 bridgehead atoms. The molecule has 0 fully saturated rings. The summed E-state index contributed by atoms with van der Waals surface area (Å²) in [7, 11) is 0. The molecule has 1 heterocycles. The zero-order valence-corrected chi connectivity index (χ0v) is 14.5. The van der Waals surface area contributed by atoms with E-state index in [4.69, 9.17) is 11.6 Å². The van der Waals surface area contributed by atoms with Gasteiger partial charge in [-0.25, -0.2) is 4.98 Å². The summed E-state index contributed by atoms with van der Waals surface area (Å²) in [6, 6.07) is 10.0. The van der Waals surface area contributed by atoms with Crippen molar-refractivity contribution in [3.8, 4) is 0 Å². The first-order valence-electron chi connectivity index (χ1n) is 7.84. The lowest BCUT2D eigenvalue weighted by atomic mass is 10.2. The zero-order valence-electron chi connectivity index (χ0n) is 13.7. The van der Waals surface area contributed by atoms with Crippen molar-refractivity contribution in [3.63, 3.8) is 0 Å². The molecule has 0 saturated carbocycles. The van der Waals surface area contributed by atoms with Gasteiger partial charge in [0, 0.05) is 17.3 Å². The highest BCUT2D eigenvalue weighted by molar-refractivity contribution is 6.31. The summed E-state index contributed by atoms with van der Waals surface area (Å²) in [5.74, 6) is -0.672. The van der Waals surface area contributed by atoms with Crippen LogP contribution < -0.4 is 10.6 Å². The van der Waals surface area contributed by atoms with Crippen LogP contribution in [0.25, 0.3) is 0 Å². The number of halogens is 1. The molecule has 126 valence electrons. The summed E-state index contributed by atoms with van der Waals surface area (Å²) < 4.78 is 0. The Morgan fingerprint density at radius 3 is 2.50 bits per heavy atom. The van der Waals surface area contributed by atoms with E-state index in [1.165, 1.54) is 0 Å². The van der Waals surface area contributed by atoms with Gasteiger partial charge in [-0.1, -0.05) is 37.1 Å². The van der Waals surface area contributed by atoms with Gasteiger partial charge in [0.05, 0.1) is 0 Å². The molecule has 0 unspecified atom stereocenters. The van der Waals surface area contributed by atoms with Crippen LogP contribution in [-0.4, -0.2) is 23.3 Å². The van der Waals surface area contributed by atoms with Crippen LogP contribution in [-0.2, 0) is 0 Å². The first-order valence-corrected chi connectivity index (χ1v) is 8.22. The highest BCUT2D eigenvalue weighted by atomic mass is 35.5. The highest BCUT2D eigenvalue weighted by Crippen LogP contribution is 2.20. The number of aromatic nitrogens is 1. The van der Waals surface area contributed by atoms with Crippen LogP contribution in [0, 0.1) is 6.92 Å². The largest absolute Gasteiger partial charge is 0.351 e. The van der Waals surface area contributed by atoms with Crippen LogP contribution >= 0.6 is 11.6 Å². The molecular formula is C18H20ClN3O2. The second kappa shape index (κ2) is 8.45. The van der Waals surface area contributed by atoms with E-state index >= 15 is 0 Å². The molecule has 0 aliphatic heterocycles. The summed E-state index contributed by atoms with van der Waals surface area (Å²) in [6.45, 7) is 4.53. The van der Waals surface area contributed by atoms with E-state index in [1.807, 2.05) is 19.9 Å². The fraction of sp³-hybridized carbons (Fsp3) is 0.278. The van der Waals surface area contributed by atoms with Crippen LogP contribution in [0.4, 0.5) is 5.69 Å². The van der Waals surface area contributed by atoms with Crippen molar-refractivity contribution >= 4 is 29.1 Å². The molecule has 2 N–H and O–H groups in total. The Balaban J connectivity index is 2.08. The number of carbonyl (C=O) groups is 2. The average molecular weight is 346 g/mol. The number of hydrogen-bond donors (Lipinski definition) is 2. The highest BCUT2D eigenvalue weighted by Gasteiger charge is 2.12. The first-order chi connectivity index (χ1) is 11.5. The Morgan fingerprint density at radius 1 is 1.12 bits per heavy atom. The van der Waals surface area contributed by atoms with Crippen molar-refractivity contribution in [1.82, 2.24) is 10.3 Å². The van der Waals surface area contributed by atoms with Gasteiger partial charge >= 0.3 is 0 Å². The van der Waals surface area contributed by atoms with Crippen LogP contribution in [0.5, 0.6) is 0 Å². The molecule has 6 heteroatoms. The Labute approximate surface area is 146 Å². The lowest BCUT2D eigenvalue weighted by molar-refractivity contribution is 0.0948. The molecule has 2 aromatic rings. The number of unbranched alkanes of at least 4 members (excludes halogenated alkanes) is 1. The molecule has 0 radical (unpaired) electrons. The number of aryl methyl sites for hydroxylation is 1. The number of amides is 2. The van der Waals surface area contributed by atoms with E-state index in [2.05, 4.69) is 15.6 Å². The molecule has 2 amide bonds. The van der Waals surface area contributed by atoms with Gasteiger partial charge in [-0.3, -0.25) is 9.59 Å². The molecule has 0 spiro atoms. The predicted octanol–water partition coefficient (Wildman–Crippen LogP) is 3.83. The summed E-state index contributed by atoms with van der Waals surface area (Å²) in [4.78, 5) is 28.4. The molecule has 1 aromatic carbocycles. The Kier molecular flexibility index (Phi) is 6.32. The molecule has 1 aromatic heterocycles. The lowest BCUT2D eigenvalue weighted by Crippen LogP contribution is -2.26. The van der Waals surface area contributed by atoms with E-state index in [-0.39, 0.29) is 17.3 Å². The smallest absolute Gasteiger partial charge is 0.274 e. The molecular weight excluding hydrogens is 326 g/mol. The third kappa shape index (κ3) is 4.80. The number of rotatable bonds is 6. The van der Waals surface area contributed by atoms with Gasteiger partial charge in [-0.15, -0.1) is 0 Å². The molecule has 0 aliphatic rings. The second-order valence-corrected chi connectivity index (χ2v) is 5.84. The molecule has 24 heavy (non-hydrogen) atoms. The number of nitrogens with zero attached hydrogens (tertiary/aromatic N) is 1. The predicted molar refractivity (Wildman–Crippen MR) is 95.6 cm³/mol. The number of nitrogens with one attached hydrogen (secondary N) is 2. The molecule has 5 nitrogen and oxygen atoms in total. The Hall–Kier alpha value is -2.40. The van der Waals surface area contributed by atoms with Crippen LogP contribution in [0.1, 0.15) is 46.3 Å². The third-order valence-corrected chi connectivity index (χ3v) is 3.87. The molecule has 0 atom stereocenters. The van der Waals surface area contributed by atoms with Gasteiger partial charge in [0.15, 0.2) is 0 Å². The van der Waals surface area contributed by atoms with Crippen molar-refractivity contribution < 1.29 is 9.59 Å². The van der Waals surface area contributed by atoms with E-state index in [1.54, 1.807) is 30.3 Å². The van der Waals surface area contributed by atoms with E-state index in [9.17, 15) is 9.59 Å². The summed E-state index contributed by atoms with van der Waals surface area (Å²) >= 11 is 6.05. The molecule has 0 aliphatic carbocycles. The van der Waals surface area contributed by atoms with Gasteiger partial charge < -0.3 is 10.6 Å². The Bertz CT molecular complexity index is 747. The molecule has 0 saturated heterocycles. The van der Waals surface area contributed by atoms with Crippen LogP contribution in [0.2, 0.25) is 5.02 Å². The zero-order chi connectivity index (χ0) is 17.5. The fourth-order valence-electron chi connectivity index (χ4n) is 2.02. The number of pyridine rings is 1. The number of hydrogen-bond acceptors (Lipinski definition) is 3. The van der Waals surface area contributed by atoms with Crippen LogP contribution in [0.15, 0.2) is 36.4 Å². The average Bonchev–Trinajstić information content (AvgIpc) is 2.58. The minimum atomic E-state index is -0.391. The maximum atomic E-state index is 12.3. The van der Waals surface area contributed by atoms with Crippen LogP contribution in [0.3, 0.4) is 0 Å². The maximum Gasteiger partial charge on any atom is 0.274 e. The van der Waals surface area contributed by atoms with Crippen molar-refractivity contribution in [2.45, 2.75) is 26.7 Å². The third-order valence-electron chi connectivity index (χ3n) is 3.46. The SMILES string of the molecule is CCCCNC(=O)c1cccc(C(=O)Nc2ccc(C)c(Cl)c2)n1. The van der Waals surface area contributed by atoms with Gasteiger partial charge in [0.1, 0.15) is 11.4 Å². The van der Waals surface area contributed by atoms with E-state index < -0.39 is 5.91 Å². The monoisotopic (exact) mass is 345 g/mol. The lowest BCUT2D eigenvalue weighted by Gasteiger charge is -2.08. The van der Waals surface area contributed by atoms with Crippen molar-refractivity contribution in [3.05, 3.63) is 58.4 Å². The summed E-state index contributed by atoms with van der Waals surface area (Å²) in [5.41, 5.74) is 1.91. The maximum absolute atomic E-state index is 12.3. The number of anilines is 1. The fourth-order valence-corrected chi connectivity index (χ4v) is 2.20. The van der Waals surface area contributed by atoms with Crippen molar-refractivity contribution in [1.29, 1.82) is 0 Å². The minimum Gasteiger partial charge on any atom is -0.351 e. The topological polar surface area (TPSA) is 71.1 Å². The number of benzene rings is 1. The van der Waals surface area contributed by atoms with E-state index in [0.29, 0.717) is 17.3 Å². The van der Waals surface area contributed by atoms with Gasteiger partial charge in [0.25, 0.3) is 11.8 Å². The van der Waals surface area contributed by atoms with Gasteiger partial charge in [-0.05, 0) is 43.2 Å². The molecule has 2 rings (SSSR count). The van der Waals surface area contributed by atoms with Gasteiger partial charge in [0.2, 0.25) is 0 Å². The van der Waals surface area contributed by atoms with Crippen molar-refractivity contribution in [2.24, 2.45) is 0 Å². The first kappa shape index (κ1) is 17.9. The normalized spacial score (nSPS) is 10.3. The summed E-state index contributed by atoms with van der Waals surface area (Å²) in [6.07, 6.45) is 1.90.